The molecule has 0 radical (unpaired) electrons. The van der Waals surface area contributed by atoms with Gasteiger partial charge in [-0.1, -0.05) is 19.8 Å². The summed E-state index contributed by atoms with van der Waals surface area (Å²) < 4.78 is 4.99. The molecule has 4 heteroatoms. The second-order valence-corrected chi connectivity index (χ2v) is 3.49. The molecule has 0 saturated carbocycles. The van der Waals surface area contributed by atoms with Crippen molar-refractivity contribution in [1.82, 2.24) is 0 Å². The van der Waals surface area contributed by atoms with E-state index in [-0.39, 0.29) is 23.8 Å². The van der Waals surface area contributed by atoms with Crippen molar-refractivity contribution < 1.29 is 9.53 Å². The Morgan fingerprint density at radius 2 is 1.92 bits per heavy atom. The first-order valence-corrected chi connectivity index (χ1v) is 5.62. The molecule has 0 unspecified atom stereocenters. The zero-order chi connectivity index (χ0) is 10.1. The number of rotatable bonds is 7. The van der Waals surface area contributed by atoms with Gasteiger partial charge in [-0.15, -0.1) is 23.2 Å². The van der Waals surface area contributed by atoms with Gasteiger partial charge in [0.2, 0.25) is 0 Å². The fourth-order valence-electron chi connectivity index (χ4n) is 0.868. The van der Waals surface area contributed by atoms with E-state index in [1.54, 1.807) is 0 Å². The predicted molar refractivity (Wildman–Crippen MR) is 55.5 cm³/mol. The highest BCUT2D eigenvalue weighted by molar-refractivity contribution is 6.21. The quantitative estimate of drug-likeness (QED) is 0.379. The standard InChI is InChI=1S/C9H16Cl2O2/c1-2-3-4-5-9(12)13-8(6-10)7-11/h8H,2-7H2,1H3. The first kappa shape index (κ1) is 13.1. The first-order valence-electron chi connectivity index (χ1n) is 4.56. The van der Waals surface area contributed by atoms with E-state index in [0.29, 0.717) is 6.42 Å². The summed E-state index contributed by atoms with van der Waals surface area (Å²) in [5.74, 6) is 0.339. The Labute approximate surface area is 89.5 Å². The molecule has 0 aliphatic carbocycles. The Morgan fingerprint density at radius 3 is 2.38 bits per heavy atom. The molecule has 0 aromatic heterocycles. The van der Waals surface area contributed by atoms with Gasteiger partial charge >= 0.3 is 5.97 Å². The fraction of sp³-hybridized carbons (Fsp3) is 0.889. The molecule has 0 saturated heterocycles. The third kappa shape index (κ3) is 7.15. The molecule has 2 nitrogen and oxygen atoms in total. The van der Waals surface area contributed by atoms with E-state index in [1.807, 2.05) is 0 Å². The first-order chi connectivity index (χ1) is 6.24. The van der Waals surface area contributed by atoms with Crippen LogP contribution in [-0.2, 0) is 9.53 Å². The summed E-state index contributed by atoms with van der Waals surface area (Å²) >= 11 is 11.0. The fourth-order valence-corrected chi connectivity index (χ4v) is 1.32. The highest BCUT2D eigenvalue weighted by Gasteiger charge is 2.11. The van der Waals surface area contributed by atoms with Crippen molar-refractivity contribution in [2.75, 3.05) is 11.8 Å². The van der Waals surface area contributed by atoms with Gasteiger partial charge in [0.25, 0.3) is 0 Å². The molecular weight excluding hydrogens is 211 g/mol. The molecule has 0 bridgehead atoms. The van der Waals surface area contributed by atoms with Crippen molar-refractivity contribution >= 4 is 29.2 Å². The van der Waals surface area contributed by atoms with Crippen LogP contribution in [0.3, 0.4) is 0 Å². The van der Waals surface area contributed by atoms with Crippen molar-refractivity contribution in [1.29, 1.82) is 0 Å². The number of halogens is 2. The topological polar surface area (TPSA) is 26.3 Å². The van der Waals surface area contributed by atoms with Crippen molar-refractivity contribution in [2.45, 2.75) is 38.7 Å². The number of alkyl halides is 2. The zero-order valence-electron chi connectivity index (χ0n) is 7.89. The molecule has 0 aromatic carbocycles. The summed E-state index contributed by atoms with van der Waals surface area (Å²) in [4.78, 5) is 11.1. The van der Waals surface area contributed by atoms with Gasteiger partial charge in [-0.25, -0.2) is 0 Å². The molecule has 0 spiro atoms. The van der Waals surface area contributed by atoms with E-state index < -0.39 is 0 Å². The van der Waals surface area contributed by atoms with Crippen LogP contribution in [0.2, 0.25) is 0 Å². The van der Waals surface area contributed by atoms with Crippen LogP contribution >= 0.6 is 23.2 Å². The molecule has 0 aliphatic rings. The maximum atomic E-state index is 11.1. The SMILES string of the molecule is CCCCCC(=O)OC(CCl)CCl. The van der Waals surface area contributed by atoms with Gasteiger partial charge in [-0.3, -0.25) is 4.79 Å². The van der Waals surface area contributed by atoms with E-state index in [1.165, 1.54) is 0 Å². The Kier molecular flexibility index (Phi) is 8.67. The Morgan fingerprint density at radius 1 is 1.31 bits per heavy atom. The molecule has 13 heavy (non-hydrogen) atoms. The molecule has 0 aromatic rings. The van der Waals surface area contributed by atoms with Crippen LogP contribution < -0.4 is 0 Å². The summed E-state index contributed by atoms with van der Waals surface area (Å²) in [6, 6.07) is 0. The van der Waals surface area contributed by atoms with E-state index >= 15 is 0 Å². The maximum Gasteiger partial charge on any atom is 0.306 e. The normalized spacial score (nSPS) is 10.5. The van der Waals surface area contributed by atoms with Gasteiger partial charge in [-0.05, 0) is 6.42 Å². The molecule has 0 atom stereocenters. The number of unbranched alkanes of at least 4 members (excludes halogenated alkanes) is 2. The van der Waals surface area contributed by atoms with Gasteiger partial charge in [0.15, 0.2) is 0 Å². The second kappa shape index (κ2) is 8.64. The highest BCUT2D eigenvalue weighted by atomic mass is 35.5. The maximum absolute atomic E-state index is 11.1. The van der Waals surface area contributed by atoms with Gasteiger partial charge in [0.1, 0.15) is 6.10 Å². The van der Waals surface area contributed by atoms with Crippen molar-refractivity contribution in [3.05, 3.63) is 0 Å². The number of hydrogen-bond donors (Lipinski definition) is 0. The van der Waals surface area contributed by atoms with E-state index in [9.17, 15) is 4.79 Å². The molecule has 0 amide bonds. The van der Waals surface area contributed by atoms with Gasteiger partial charge < -0.3 is 4.74 Å². The van der Waals surface area contributed by atoms with Crippen LogP contribution in [-0.4, -0.2) is 23.8 Å². The van der Waals surface area contributed by atoms with Crippen LogP contribution in [0.1, 0.15) is 32.6 Å². The molecule has 0 aliphatic heterocycles. The zero-order valence-corrected chi connectivity index (χ0v) is 9.40. The van der Waals surface area contributed by atoms with Crippen LogP contribution in [0.25, 0.3) is 0 Å². The molecule has 0 rings (SSSR count). The number of carbonyl (C=O) groups is 1. The van der Waals surface area contributed by atoms with Crippen molar-refractivity contribution in [2.24, 2.45) is 0 Å². The minimum Gasteiger partial charge on any atom is -0.460 e. The molecular formula is C9H16Cl2O2. The predicted octanol–water partition coefficient (Wildman–Crippen LogP) is 2.96. The number of hydrogen-bond acceptors (Lipinski definition) is 2. The van der Waals surface area contributed by atoms with E-state index in [2.05, 4.69) is 6.92 Å². The minimum absolute atomic E-state index is 0.195. The Hall–Kier alpha value is 0.0500. The van der Waals surface area contributed by atoms with Crippen LogP contribution in [0.5, 0.6) is 0 Å². The average molecular weight is 227 g/mol. The average Bonchev–Trinajstić information content (AvgIpc) is 2.14. The molecule has 0 fully saturated rings. The lowest BCUT2D eigenvalue weighted by molar-refractivity contribution is -0.147. The second-order valence-electron chi connectivity index (χ2n) is 2.88. The largest absolute Gasteiger partial charge is 0.460 e. The Balaban J connectivity index is 3.48. The third-order valence-electron chi connectivity index (χ3n) is 1.63. The number of esters is 1. The van der Waals surface area contributed by atoms with E-state index in [4.69, 9.17) is 27.9 Å². The number of ether oxygens (including phenoxy) is 1. The summed E-state index contributed by atoms with van der Waals surface area (Å²) in [5.41, 5.74) is 0. The van der Waals surface area contributed by atoms with Crippen molar-refractivity contribution in [3.8, 4) is 0 Å². The lowest BCUT2D eigenvalue weighted by Crippen LogP contribution is -2.21. The van der Waals surface area contributed by atoms with Crippen molar-refractivity contribution in [3.63, 3.8) is 0 Å². The lowest BCUT2D eigenvalue weighted by atomic mass is 10.2. The van der Waals surface area contributed by atoms with Crippen LogP contribution in [0.4, 0.5) is 0 Å². The summed E-state index contributed by atoms with van der Waals surface area (Å²) in [5, 5.41) is 0. The molecule has 78 valence electrons. The highest BCUT2D eigenvalue weighted by Crippen LogP contribution is 2.04. The number of carbonyl (C=O) groups excluding carboxylic acids is 1. The van der Waals surface area contributed by atoms with E-state index in [0.717, 1.165) is 19.3 Å². The van der Waals surface area contributed by atoms with Gasteiger partial charge in [0.05, 0.1) is 11.8 Å². The smallest absolute Gasteiger partial charge is 0.306 e. The minimum atomic E-state index is -0.336. The monoisotopic (exact) mass is 226 g/mol. The van der Waals surface area contributed by atoms with Crippen LogP contribution in [0, 0.1) is 0 Å². The van der Waals surface area contributed by atoms with Crippen LogP contribution in [0.15, 0.2) is 0 Å². The lowest BCUT2D eigenvalue weighted by Gasteiger charge is -2.11. The van der Waals surface area contributed by atoms with Gasteiger partial charge in [0, 0.05) is 6.42 Å². The summed E-state index contributed by atoms with van der Waals surface area (Å²) in [6.07, 6.45) is 3.17. The summed E-state index contributed by atoms with van der Waals surface area (Å²) in [7, 11) is 0. The Bertz CT molecular complexity index is 136. The third-order valence-corrected chi connectivity index (χ3v) is 2.32. The summed E-state index contributed by atoms with van der Waals surface area (Å²) in [6.45, 7) is 2.09. The van der Waals surface area contributed by atoms with Gasteiger partial charge in [-0.2, -0.15) is 0 Å². The molecule has 0 heterocycles. The molecule has 0 N–H and O–H groups in total.